The fraction of sp³-hybridized carbons (Fsp3) is 0.261. The highest BCUT2D eigenvalue weighted by Crippen LogP contribution is 2.45. The third-order valence-electron chi connectivity index (χ3n) is 5.72. The number of carbonyl (C=O) groups is 2. The van der Waals surface area contributed by atoms with Crippen molar-refractivity contribution in [3.63, 3.8) is 0 Å². The summed E-state index contributed by atoms with van der Waals surface area (Å²) in [6, 6.07) is 9.12. The van der Waals surface area contributed by atoms with Gasteiger partial charge in [-0.05, 0) is 65.5 Å². The number of rotatable bonds is 3. The number of dihydropyridines is 1. The highest BCUT2D eigenvalue weighted by Gasteiger charge is 2.39. The summed E-state index contributed by atoms with van der Waals surface area (Å²) >= 11 is 3.35. The van der Waals surface area contributed by atoms with Gasteiger partial charge in [0.05, 0.1) is 0 Å². The van der Waals surface area contributed by atoms with Crippen molar-refractivity contribution in [1.29, 1.82) is 0 Å². The molecule has 3 aliphatic rings. The standard InChI is InChI=1S/C23H20BrN3O4/c1-12-20(23(29)27-19-8-6-14(24)10-25-19)21(22-15(26-12)3-2-4-16(22)28)13-5-7-17-18(9-13)31-11-30-17/h5-10,21,26H,2-4,11H2,1H3,(H,25,27,29)/t21-/m1/s1. The quantitative estimate of drug-likeness (QED) is 0.683. The molecule has 2 aliphatic heterocycles. The van der Waals surface area contributed by atoms with Gasteiger partial charge in [0, 0.05) is 45.5 Å². The Hall–Kier alpha value is -3.13. The fourth-order valence-corrected chi connectivity index (χ4v) is 4.58. The number of nitrogens with one attached hydrogen (secondary N) is 2. The summed E-state index contributed by atoms with van der Waals surface area (Å²) < 4.78 is 11.8. The monoisotopic (exact) mass is 481 g/mol. The zero-order chi connectivity index (χ0) is 21.5. The number of ether oxygens (including phenoxy) is 2. The molecule has 2 aromatic rings. The van der Waals surface area contributed by atoms with E-state index in [1.165, 1.54) is 0 Å². The predicted octanol–water partition coefficient (Wildman–Crippen LogP) is 4.18. The number of hydrogen-bond acceptors (Lipinski definition) is 6. The zero-order valence-corrected chi connectivity index (χ0v) is 18.4. The molecule has 5 rings (SSSR count). The van der Waals surface area contributed by atoms with Crippen LogP contribution in [-0.4, -0.2) is 23.5 Å². The number of nitrogens with zero attached hydrogens (tertiary/aromatic N) is 1. The summed E-state index contributed by atoms with van der Waals surface area (Å²) in [5, 5.41) is 6.19. The normalized spacial score (nSPS) is 19.8. The Morgan fingerprint density at radius 2 is 2.03 bits per heavy atom. The molecule has 0 fully saturated rings. The van der Waals surface area contributed by atoms with Crippen molar-refractivity contribution in [2.75, 3.05) is 12.1 Å². The summed E-state index contributed by atoms with van der Waals surface area (Å²) in [5.74, 6) is 0.992. The average molecular weight is 482 g/mol. The molecule has 0 spiro atoms. The number of halogens is 1. The number of pyridine rings is 1. The van der Waals surface area contributed by atoms with Crippen LogP contribution in [0.3, 0.4) is 0 Å². The van der Waals surface area contributed by atoms with Crippen LogP contribution in [0, 0.1) is 0 Å². The van der Waals surface area contributed by atoms with E-state index in [2.05, 4.69) is 31.5 Å². The van der Waals surface area contributed by atoms with E-state index in [-0.39, 0.29) is 18.5 Å². The van der Waals surface area contributed by atoms with Gasteiger partial charge in [0.25, 0.3) is 5.91 Å². The molecular formula is C23H20BrN3O4. The van der Waals surface area contributed by atoms with Crippen LogP contribution in [-0.2, 0) is 9.59 Å². The smallest absolute Gasteiger partial charge is 0.255 e. The summed E-state index contributed by atoms with van der Waals surface area (Å²) in [7, 11) is 0. The van der Waals surface area contributed by atoms with E-state index in [9.17, 15) is 9.59 Å². The van der Waals surface area contributed by atoms with Gasteiger partial charge < -0.3 is 20.1 Å². The van der Waals surface area contributed by atoms with Crippen LogP contribution in [0.5, 0.6) is 11.5 Å². The van der Waals surface area contributed by atoms with Gasteiger partial charge in [-0.2, -0.15) is 0 Å². The molecule has 1 atom stereocenters. The molecule has 1 aromatic carbocycles. The number of benzene rings is 1. The molecule has 1 aliphatic carbocycles. The van der Waals surface area contributed by atoms with Crippen molar-refractivity contribution < 1.29 is 19.1 Å². The Bertz CT molecular complexity index is 1150. The number of carbonyl (C=O) groups excluding carboxylic acids is 2. The number of allylic oxidation sites excluding steroid dienone is 3. The van der Waals surface area contributed by atoms with E-state index in [1.54, 1.807) is 12.3 Å². The Balaban J connectivity index is 1.58. The molecular weight excluding hydrogens is 462 g/mol. The van der Waals surface area contributed by atoms with Gasteiger partial charge in [-0.1, -0.05) is 6.07 Å². The Morgan fingerprint density at radius 3 is 2.84 bits per heavy atom. The van der Waals surface area contributed by atoms with Crippen LogP contribution in [0.4, 0.5) is 5.82 Å². The lowest BCUT2D eigenvalue weighted by Gasteiger charge is -2.34. The average Bonchev–Trinajstić information content (AvgIpc) is 3.22. The molecule has 0 bridgehead atoms. The van der Waals surface area contributed by atoms with Crippen LogP contribution in [0.2, 0.25) is 0 Å². The number of aromatic nitrogens is 1. The lowest BCUT2D eigenvalue weighted by Crippen LogP contribution is -2.35. The van der Waals surface area contributed by atoms with Crippen LogP contribution in [0.1, 0.15) is 37.7 Å². The van der Waals surface area contributed by atoms with Gasteiger partial charge in [-0.3, -0.25) is 9.59 Å². The molecule has 2 N–H and O–H groups in total. The van der Waals surface area contributed by atoms with Crippen LogP contribution in [0.15, 0.2) is 63.5 Å². The highest BCUT2D eigenvalue weighted by molar-refractivity contribution is 9.10. The molecule has 31 heavy (non-hydrogen) atoms. The molecule has 8 heteroatoms. The van der Waals surface area contributed by atoms with E-state index in [1.807, 2.05) is 31.2 Å². The fourth-order valence-electron chi connectivity index (χ4n) is 4.34. The number of ketones is 1. The topological polar surface area (TPSA) is 89.6 Å². The second-order valence-electron chi connectivity index (χ2n) is 7.69. The summed E-state index contributed by atoms with van der Waals surface area (Å²) in [4.78, 5) is 30.6. The molecule has 1 aromatic heterocycles. The Morgan fingerprint density at radius 1 is 1.19 bits per heavy atom. The number of amides is 1. The molecule has 3 heterocycles. The lowest BCUT2D eigenvalue weighted by atomic mass is 9.75. The van der Waals surface area contributed by atoms with Gasteiger partial charge in [0.1, 0.15) is 5.82 Å². The van der Waals surface area contributed by atoms with Crippen LogP contribution in [0.25, 0.3) is 0 Å². The van der Waals surface area contributed by atoms with E-state index in [4.69, 9.17) is 9.47 Å². The first-order valence-corrected chi connectivity index (χ1v) is 10.9. The van der Waals surface area contributed by atoms with E-state index in [0.717, 1.165) is 34.3 Å². The van der Waals surface area contributed by atoms with E-state index in [0.29, 0.717) is 34.9 Å². The van der Waals surface area contributed by atoms with Crippen LogP contribution >= 0.6 is 15.9 Å². The second-order valence-corrected chi connectivity index (χ2v) is 8.61. The molecule has 0 saturated heterocycles. The molecule has 1 amide bonds. The first-order chi connectivity index (χ1) is 15.0. The maximum atomic E-state index is 13.4. The van der Waals surface area contributed by atoms with Gasteiger partial charge in [-0.15, -0.1) is 0 Å². The molecule has 7 nitrogen and oxygen atoms in total. The number of anilines is 1. The Kier molecular flexibility index (Phi) is 5.02. The van der Waals surface area contributed by atoms with Gasteiger partial charge in [0.2, 0.25) is 6.79 Å². The van der Waals surface area contributed by atoms with Crippen molar-refractivity contribution in [3.05, 3.63) is 69.1 Å². The first kappa shape index (κ1) is 19.8. The summed E-state index contributed by atoms with van der Waals surface area (Å²) in [6.45, 7) is 2.03. The number of fused-ring (bicyclic) bond motifs is 1. The zero-order valence-electron chi connectivity index (χ0n) is 16.8. The maximum Gasteiger partial charge on any atom is 0.255 e. The molecule has 0 saturated carbocycles. The molecule has 158 valence electrons. The third kappa shape index (κ3) is 3.61. The van der Waals surface area contributed by atoms with Gasteiger partial charge in [0.15, 0.2) is 17.3 Å². The molecule has 0 unspecified atom stereocenters. The van der Waals surface area contributed by atoms with Crippen molar-refractivity contribution >= 4 is 33.4 Å². The second kappa shape index (κ2) is 7.85. The van der Waals surface area contributed by atoms with Crippen molar-refractivity contribution in [3.8, 4) is 11.5 Å². The lowest BCUT2D eigenvalue weighted by molar-refractivity contribution is -0.116. The van der Waals surface area contributed by atoms with Gasteiger partial charge >= 0.3 is 0 Å². The van der Waals surface area contributed by atoms with Crippen molar-refractivity contribution in [2.24, 2.45) is 0 Å². The minimum absolute atomic E-state index is 0.0657. The van der Waals surface area contributed by atoms with E-state index < -0.39 is 5.92 Å². The maximum absolute atomic E-state index is 13.4. The first-order valence-electron chi connectivity index (χ1n) is 10.1. The number of Topliss-reactive ketones (excluding diaryl/α,β-unsaturated/α-hetero) is 1. The van der Waals surface area contributed by atoms with Crippen molar-refractivity contribution in [2.45, 2.75) is 32.1 Å². The number of hydrogen-bond donors (Lipinski definition) is 2. The van der Waals surface area contributed by atoms with Gasteiger partial charge in [-0.25, -0.2) is 4.98 Å². The summed E-state index contributed by atoms with van der Waals surface area (Å²) in [6.07, 6.45) is 3.68. The highest BCUT2D eigenvalue weighted by atomic mass is 79.9. The third-order valence-corrected chi connectivity index (χ3v) is 6.19. The largest absolute Gasteiger partial charge is 0.454 e. The SMILES string of the molecule is CC1=C(C(=O)Nc2ccc(Br)cn2)[C@@H](c2ccc3c(c2)OCO3)C2=C(CCCC2=O)N1. The van der Waals surface area contributed by atoms with Crippen LogP contribution < -0.4 is 20.1 Å². The molecule has 0 radical (unpaired) electrons. The summed E-state index contributed by atoms with van der Waals surface area (Å²) in [5.41, 5.74) is 3.60. The minimum Gasteiger partial charge on any atom is -0.454 e. The van der Waals surface area contributed by atoms with E-state index >= 15 is 0 Å². The predicted molar refractivity (Wildman–Crippen MR) is 118 cm³/mol. The van der Waals surface area contributed by atoms with Crippen molar-refractivity contribution in [1.82, 2.24) is 10.3 Å². The Labute approximate surface area is 187 Å². The minimum atomic E-state index is -0.492.